The van der Waals surface area contributed by atoms with Crippen molar-refractivity contribution in [2.24, 2.45) is 0 Å². The van der Waals surface area contributed by atoms with Gasteiger partial charge in [-0.15, -0.1) is 0 Å². The quantitative estimate of drug-likeness (QED) is 0.617. The predicted octanol–water partition coefficient (Wildman–Crippen LogP) is 2.91. The van der Waals surface area contributed by atoms with Crippen LogP contribution in [-0.4, -0.2) is 6.54 Å². The van der Waals surface area contributed by atoms with Gasteiger partial charge in [0.25, 0.3) is 0 Å². The number of nitrogens with one attached hydrogen (secondary N) is 1. The standard InChI is InChI=1S/C11H15N/c1-8-3-4-11-10(7-8)9(2)5-6-12-11/h3-4,7,9,12H,5-6H2,1-2H3/t9-/m0/s1. The minimum atomic E-state index is 0.723. The van der Waals surface area contributed by atoms with Crippen LogP contribution in [0.2, 0.25) is 0 Å². The van der Waals surface area contributed by atoms with Crippen LogP contribution in [0.5, 0.6) is 0 Å². The molecular formula is C11H15N. The monoisotopic (exact) mass is 161 g/mol. The third-order valence-corrected chi connectivity index (χ3v) is 2.63. The van der Waals surface area contributed by atoms with E-state index < -0.39 is 0 Å². The minimum Gasteiger partial charge on any atom is -0.385 e. The molecule has 1 heteroatoms. The first-order chi connectivity index (χ1) is 5.77. The largest absolute Gasteiger partial charge is 0.385 e. The lowest BCUT2D eigenvalue weighted by Gasteiger charge is -2.24. The van der Waals surface area contributed by atoms with E-state index in [0.29, 0.717) is 0 Å². The Morgan fingerprint density at radius 2 is 2.25 bits per heavy atom. The molecule has 0 saturated carbocycles. The van der Waals surface area contributed by atoms with Gasteiger partial charge in [0.2, 0.25) is 0 Å². The Morgan fingerprint density at radius 1 is 1.42 bits per heavy atom. The number of hydrogen-bond donors (Lipinski definition) is 1. The first kappa shape index (κ1) is 7.66. The fourth-order valence-corrected chi connectivity index (χ4v) is 1.83. The highest BCUT2D eigenvalue weighted by Gasteiger charge is 2.14. The van der Waals surface area contributed by atoms with Crippen LogP contribution in [0.25, 0.3) is 0 Å². The van der Waals surface area contributed by atoms with Crippen molar-refractivity contribution in [3.05, 3.63) is 29.3 Å². The minimum absolute atomic E-state index is 0.723. The van der Waals surface area contributed by atoms with Gasteiger partial charge in [-0.2, -0.15) is 0 Å². The smallest absolute Gasteiger partial charge is 0.0375 e. The van der Waals surface area contributed by atoms with E-state index in [9.17, 15) is 0 Å². The molecule has 0 unspecified atom stereocenters. The molecular weight excluding hydrogens is 146 g/mol. The maximum absolute atomic E-state index is 3.42. The van der Waals surface area contributed by atoms with Crippen molar-refractivity contribution in [2.45, 2.75) is 26.2 Å². The third-order valence-electron chi connectivity index (χ3n) is 2.63. The summed E-state index contributed by atoms with van der Waals surface area (Å²) in [6.07, 6.45) is 1.26. The molecule has 1 nitrogen and oxygen atoms in total. The molecule has 1 atom stereocenters. The van der Waals surface area contributed by atoms with Crippen LogP contribution < -0.4 is 5.32 Å². The van der Waals surface area contributed by atoms with Gasteiger partial charge in [-0.1, -0.05) is 24.6 Å². The number of aryl methyl sites for hydroxylation is 1. The molecule has 0 aliphatic carbocycles. The second-order valence-electron chi connectivity index (χ2n) is 3.71. The molecule has 0 aromatic heterocycles. The van der Waals surface area contributed by atoms with Gasteiger partial charge in [-0.3, -0.25) is 0 Å². The summed E-state index contributed by atoms with van der Waals surface area (Å²) in [7, 11) is 0. The second-order valence-corrected chi connectivity index (χ2v) is 3.71. The number of benzene rings is 1. The molecule has 1 heterocycles. The molecule has 64 valence electrons. The zero-order valence-corrected chi connectivity index (χ0v) is 7.72. The van der Waals surface area contributed by atoms with Crippen molar-refractivity contribution < 1.29 is 0 Å². The molecule has 0 amide bonds. The number of fused-ring (bicyclic) bond motifs is 1. The molecule has 0 spiro atoms. The van der Waals surface area contributed by atoms with Crippen molar-refractivity contribution in [1.29, 1.82) is 0 Å². The zero-order valence-electron chi connectivity index (χ0n) is 7.72. The fourth-order valence-electron chi connectivity index (χ4n) is 1.83. The van der Waals surface area contributed by atoms with Crippen molar-refractivity contribution >= 4 is 5.69 Å². The Balaban J connectivity index is 2.47. The molecule has 1 aliphatic rings. The van der Waals surface area contributed by atoms with Gasteiger partial charge in [0.1, 0.15) is 0 Å². The summed E-state index contributed by atoms with van der Waals surface area (Å²) >= 11 is 0. The van der Waals surface area contributed by atoms with E-state index in [4.69, 9.17) is 0 Å². The topological polar surface area (TPSA) is 12.0 Å². The summed E-state index contributed by atoms with van der Waals surface area (Å²) in [4.78, 5) is 0. The molecule has 1 aromatic rings. The van der Waals surface area contributed by atoms with Gasteiger partial charge < -0.3 is 5.32 Å². The predicted molar refractivity (Wildman–Crippen MR) is 52.7 cm³/mol. The Morgan fingerprint density at radius 3 is 3.08 bits per heavy atom. The van der Waals surface area contributed by atoms with E-state index in [1.807, 2.05) is 0 Å². The van der Waals surface area contributed by atoms with E-state index in [-0.39, 0.29) is 0 Å². The molecule has 1 aliphatic heterocycles. The summed E-state index contributed by atoms with van der Waals surface area (Å²) < 4.78 is 0. The Bertz CT molecular complexity index is 291. The summed E-state index contributed by atoms with van der Waals surface area (Å²) in [5.41, 5.74) is 4.19. The van der Waals surface area contributed by atoms with Crippen LogP contribution in [0.4, 0.5) is 5.69 Å². The van der Waals surface area contributed by atoms with Gasteiger partial charge in [0.05, 0.1) is 0 Å². The zero-order chi connectivity index (χ0) is 8.55. The fraction of sp³-hybridized carbons (Fsp3) is 0.455. The summed E-state index contributed by atoms with van der Waals surface area (Å²) in [6.45, 7) is 5.58. The normalized spacial score (nSPS) is 21.3. The molecule has 2 rings (SSSR count). The van der Waals surface area contributed by atoms with Crippen LogP contribution in [0, 0.1) is 6.92 Å². The van der Waals surface area contributed by atoms with E-state index >= 15 is 0 Å². The summed E-state index contributed by atoms with van der Waals surface area (Å²) in [6, 6.07) is 6.66. The Kier molecular flexibility index (Phi) is 1.80. The van der Waals surface area contributed by atoms with E-state index in [2.05, 4.69) is 37.4 Å². The number of hydrogen-bond acceptors (Lipinski definition) is 1. The number of rotatable bonds is 0. The lowest BCUT2D eigenvalue weighted by molar-refractivity contribution is 0.683. The Hall–Kier alpha value is -0.980. The second kappa shape index (κ2) is 2.81. The highest BCUT2D eigenvalue weighted by molar-refractivity contribution is 5.55. The maximum Gasteiger partial charge on any atom is 0.0375 e. The van der Waals surface area contributed by atoms with E-state index in [0.717, 1.165) is 12.5 Å². The molecule has 1 N–H and O–H groups in total. The van der Waals surface area contributed by atoms with Gasteiger partial charge in [0, 0.05) is 12.2 Å². The lowest BCUT2D eigenvalue weighted by Crippen LogP contribution is -2.14. The molecule has 0 saturated heterocycles. The molecule has 0 radical (unpaired) electrons. The van der Waals surface area contributed by atoms with Crippen LogP contribution in [0.3, 0.4) is 0 Å². The Labute approximate surface area is 73.8 Å². The van der Waals surface area contributed by atoms with Gasteiger partial charge in [0.15, 0.2) is 0 Å². The first-order valence-corrected chi connectivity index (χ1v) is 4.62. The van der Waals surface area contributed by atoms with Gasteiger partial charge >= 0.3 is 0 Å². The summed E-state index contributed by atoms with van der Waals surface area (Å²) in [5.74, 6) is 0.723. The molecule has 0 fully saturated rings. The van der Waals surface area contributed by atoms with Crippen LogP contribution in [-0.2, 0) is 0 Å². The third kappa shape index (κ3) is 1.20. The average molecular weight is 161 g/mol. The van der Waals surface area contributed by atoms with Crippen molar-refractivity contribution in [2.75, 3.05) is 11.9 Å². The average Bonchev–Trinajstić information content (AvgIpc) is 2.07. The van der Waals surface area contributed by atoms with E-state index in [1.165, 1.54) is 23.2 Å². The maximum atomic E-state index is 3.42. The molecule has 1 aromatic carbocycles. The van der Waals surface area contributed by atoms with Crippen LogP contribution >= 0.6 is 0 Å². The molecule has 12 heavy (non-hydrogen) atoms. The van der Waals surface area contributed by atoms with Crippen molar-refractivity contribution in [1.82, 2.24) is 0 Å². The van der Waals surface area contributed by atoms with E-state index in [1.54, 1.807) is 0 Å². The van der Waals surface area contributed by atoms with Crippen molar-refractivity contribution in [3.8, 4) is 0 Å². The van der Waals surface area contributed by atoms with Crippen molar-refractivity contribution in [3.63, 3.8) is 0 Å². The van der Waals surface area contributed by atoms with Crippen LogP contribution in [0.15, 0.2) is 18.2 Å². The van der Waals surface area contributed by atoms with Gasteiger partial charge in [-0.25, -0.2) is 0 Å². The highest BCUT2D eigenvalue weighted by Crippen LogP contribution is 2.31. The highest BCUT2D eigenvalue weighted by atomic mass is 14.9. The SMILES string of the molecule is Cc1ccc2c(c1)[C@@H](C)CCN2. The lowest BCUT2D eigenvalue weighted by atomic mass is 9.92. The molecule has 0 bridgehead atoms. The first-order valence-electron chi connectivity index (χ1n) is 4.62. The van der Waals surface area contributed by atoms with Gasteiger partial charge in [-0.05, 0) is 30.9 Å². The number of anilines is 1. The summed E-state index contributed by atoms with van der Waals surface area (Å²) in [5, 5.41) is 3.42. The van der Waals surface area contributed by atoms with Crippen LogP contribution in [0.1, 0.15) is 30.4 Å².